The van der Waals surface area contributed by atoms with Gasteiger partial charge in [-0.1, -0.05) is 6.58 Å². The summed E-state index contributed by atoms with van der Waals surface area (Å²) >= 11 is 0. The van der Waals surface area contributed by atoms with E-state index in [0.717, 1.165) is 6.08 Å². The van der Waals surface area contributed by atoms with Gasteiger partial charge in [-0.15, -0.1) is 0 Å². The number of carbonyl (C=O) groups excluding carboxylic acids is 2. The summed E-state index contributed by atoms with van der Waals surface area (Å²) in [4.78, 5) is 20.9. The second kappa shape index (κ2) is 6.88. The molecule has 0 rings (SSSR count). The quantitative estimate of drug-likeness (QED) is 0.201. The van der Waals surface area contributed by atoms with Crippen molar-refractivity contribution in [2.75, 3.05) is 7.11 Å². The fourth-order valence-electron chi connectivity index (χ4n) is 0.510. The maximum Gasteiger partial charge on any atom is 1.00 e. The molecule has 0 aliphatic rings. The molecule has 0 saturated heterocycles. The van der Waals surface area contributed by atoms with Crippen LogP contribution in [0.25, 0.3) is 0 Å². The van der Waals surface area contributed by atoms with Crippen molar-refractivity contribution in [2.45, 2.75) is 6.92 Å². The fraction of sp³-hybridized carbons (Fsp3) is 0.250. The van der Waals surface area contributed by atoms with Crippen LogP contribution in [0.3, 0.4) is 0 Å². The van der Waals surface area contributed by atoms with Crippen molar-refractivity contribution < 1.29 is 49.0 Å². The minimum Gasteiger partial charge on any atom is -0.545 e. The van der Waals surface area contributed by atoms with E-state index in [1.807, 2.05) is 0 Å². The molecule has 0 bridgehead atoms. The molecule has 4 nitrogen and oxygen atoms in total. The zero-order valence-electron chi connectivity index (χ0n) is 7.92. The Morgan fingerprint density at radius 2 is 1.92 bits per heavy atom. The van der Waals surface area contributed by atoms with Crippen LogP contribution in [0, 0.1) is 0 Å². The predicted molar refractivity (Wildman–Crippen MR) is 39.9 cm³/mol. The van der Waals surface area contributed by atoms with E-state index in [1.54, 1.807) is 0 Å². The van der Waals surface area contributed by atoms with E-state index in [9.17, 15) is 14.7 Å². The number of hydrogen-bond acceptors (Lipinski definition) is 4. The van der Waals surface area contributed by atoms with Gasteiger partial charge < -0.3 is 14.6 Å². The summed E-state index contributed by atoms with van der Waals surface area (Å²) in [5.74, 6) is -1.99. The van der Waals surface area contributed by atoms with Crippen molar-refractivity contribution >= 4 is 11.9 Å². The maximum atomic E-state index is 10.7. The molecule has 5 heteroatoms. The van der Waals surface area contributed by atoms with Crippen LogP contribution in [0.4, 0.5) is 0 Å². The average Bonchev–Trinajstić information content (AvgIpc) is 2.02. The summed E-state index contributed by atoms with van der Waals surface area (Å²) in [5, 5.41) is 10.2. The van der Waals surface area contributed by atoms with E-state index in [4.69, 9.17) is 0 Å². The van der Waals surface area contributed by atoms with Gasteiger partial charge in [-0.2, -0.15) is 0 Å². The Morgan fingerprint density at radius 3 is 2.23 bits per heavy atom. The molecule has 0 unspecified atom stereocenters. The number of carboxylic acids is 1. The molecule has 0 heterocycles. The van der Waals surface area contributed by atoms with E-state index < -0.39 is 11.9 Å². The second-order valence-corrected chi connectivity index (χ2v) is 2.13. The first-order valence-electron chi connectivity index (χ1n) is 3.16. The van der Waals surface area contributed by atoms with Crippen LogP contribution in [0.2, 0.25) is 0 Å². The average molecular weight is 192 g/mol. The summed E-state index contributed by atoms with van der Waals surface area (Å²) in [6.45, 7) is 4.61. The van der Waals surface area contributed by atoms with Crippen LogP contribution >= 0.6 is 0 Å². The molecule has 0 aromatic carbocycles. The summed E-state index contributed by atoms with van der Waals surface area (Å²) in [6.07, 6.45) is 1.10. The normalized spacial score (nSPS) is 9.85. The van der Waals surface area contributed by atoms with Gasteiger partial charge in [0, 0.05) is 0 Å². The van der Waals surface area contributed by atoms with Gasteiger partial charge in [0.05, 0.1) is 18.7 Å². The summed E-state index contributed by atoms with van der Waals surface area (Å²) in [6, 6.07) is 0. The Bertz CT molecular complexity index is 255. The zero-order chi connectivity index (χ0) is 9.72. The van der Waals surface area contributed by atoms with Crippen molar-refractivity contribution in [3.05, 3.63) is 23.8 Å². The van der Waals surface area contributed by atoms with E-state index in [1.165, 1.54) is 14.0 Å². The van der Waals surface area contributed by atoms with E-state index in [-0.39, 0.29) is 40.7 Å². The Labute approximate surface area is 98.6 Å². The third kappa shape index (κ3) is 5.63. The van der Waals surface area contributed by atoms with Crippen molar-refractivity contribution in [1.29, 1.82) is 0 Å². The number of ether oxygens (including phenoxy) is 1. The van der Waals surface area contributed by atoms with Gasteiger partial charge in [0.2, 0.25) is 0 Å². The first-order valence-corrected chi connectivity index (χ1v) is 3.16. The van der Waals surface area contributed by atoms with Gasteiger partial charge in [0.1, 0.15) is 0 Å². The Balaban J connectivity index is 0. The van der Waals surface area contributed by atoms with Crippen LogP contribution in [-0.4, -0.2) is 19.0 Å². The second-order valence-electron chi connectivity index (χ2n) is 2.13. The van der Waals surface area contributed by atoms with Crippen LogP contribution in [-0.2, 0) is 14.3 Å². The van der Waals surface area contributed by atoms with Gasteiger partial charge >= 0.3 is 35.5 Å². The van der Waals surface area contributed by atoms with Crippen LogP contribution in [0.1, 0.15) is 6.92 Å². The van der Waals surface area contributed by atoms with Gasteiger partial charge in [0.15, 0.2) is 0 Å². The zero-order valence-corrected chi connectivity index (χ0v) is 9.92. The maximum absolute atomic E-state index is 10.7. The van der Waals surface area contributed by atoms with Gasteiger partial charge in [-0.25, -0.2) is 4.79 Å². The number of carboxylic acid groups (broad SMARTS) is 1. The molecule has 0 aliphatic heterocycles. The van der Waals surface area contributed by atoms with Crippen LogP contribution in [0.15, 0.2) is 23.8 Å². The van der Waals surface area contributed by atoms with Gasteiger partial charge in [-0.05, 0) is 18.6 Å². The molecule has 66 valence electrons. The monoisotopic (exact) mass is 192 g/mol. The van der Waals surface area contributed by atoms with E-state index in [2.05, 4.69) is 11.3 Å². The molecular formula is C8H9NaO4. The van der Waals surface area contributed by atoms with Crippen molar-refractivity contribution in [3.8, 4) is 0 Å². The Kier molecular flexibility index (Phi) is 7.90. The number of aliphatic carboxylic acids is 1. The third-order valence-electron chi connectivity index (χ3n) is 1.16. The third-order valence-corrected chi connectivity index (χ3v) is 1.16. The molecule has 0 amide bonds. The number of rotatable bonds is 3. The van der Waals surface area contributed by atoms with Crippen LogP contribution < -0.4 is 34.7 Å². The standard InChI is InChI=1S/C8H10O4.Na/c1-5(7(9)10)4-6(2)8(11)12-3;/h4H,2H2,1,3H3,(H,9,10);/q;+1/p-1. The van der Waals surface area contributed by atoms with Crippen molar-refractivity contribution in [3.63, 3.8) is 0 Å². The molecule has 0 saturated carbocycles. The summed E-state index contributed by atoms with van der Waals surface area (Å²) in [5.41, 5.74) is -0.0791. The number of carbonyl (C=O) groups is 2. The first-order chi connectivity index (χ1) is 5.49. The minimum absolute atomic E-state index is 0. The summed E-state index contributed by atoms with van der Waals surface area (Å²) in [7, 11) is 1.19. The van der Waals surface area contributed by atoms with Crippen LogP contribution in [0.5, 0.6) is 0 Å². The van der Waals surface area contributed by atoms with Gasteiger partial charge in [0.25, 0.3) is 0 Å². The Morgan fingerprint density at radius 1 is 1.46 bits per heavy atom. The molecule has 0 aromatic rings. The molecule has 0 aromatic heterocycles. The topological polar surface area (TPSA) is 66.4 Å². The fourth-order valence-corrected chi connectivity index (χ4v) is 0.510. The smallest absolute Gasteiger partial charge is 0.545 e. The SMILES string of the molecule is C=C(C=C(C)C(=O)[O-])C(=O)OC.[Na+]. The predicted octanol–water partition coefficient (Wildman–Crippen LogP) is -3.58. The molecular weight excluding hydrogens is 183 g/mol. The minimum atomic E-state index is -1.33. The van der Waals surface area contributed by atoms with Crippen molar-refractivity contribution in [2.24, 2.45) is 0 Å². The van der Waals surface area contributed by atoms with E-state index >= 15 is 0 Å². The molecule has 0 radical (unpaired) electrons. The largest absolute Gasteiger partial charge is 1.00 e. The van der Waals surface area contributed by atoms with E-state index in [0.29, 0.717) is 0 Å². The molecule has 0 fully saturated rings. The van der Waals surface area contributed by atoms with Crippen molar-refractivity contribution in [1.82, 2.24) is 0 Å². The Hall–Kier alpha value is -0.580. The molecule has 0 spiro atoms. The number of hydrogen-bond donors (Lipinski definition) is 0. The number of esters is 1. The number of methoxy groups -OCH3 is 1. The molecule has 0 atom stereocenters. The molecule has 13 heavy (non-hydrogen) atoms. The summed E-state index contributed by atoms with van der Waals surface area (Å²) < 4.78 is 4.30. The molecule has 0 aliphatic carbocycles. The first kappa shape index (κ1) is 14.9. The van der Waals surface area contributed by atoms with Gasteiger partial charge in [-0.3, -0.25) is 0 Å². The molecule has 0 N–H and O–H groups in total.